The second-order valence-electron chi connectivity index (χ2n) is 2.85. The highest BCUT2D eigenvalue weighted by molar-refractivity contribution is 6.68. The lowest BCUT2D eigenvalue weighted by Crippen LogP contribution is -1.89. The Morgan fingerprint density at radius 1 is 1.43 bits per heavy atom. The van der Waals surface area contributed by atoms with Crippen LogP contribution in [-0.2, 0) is 4.79 Å². The summed E-state index contributed by atoms with van der Waals surface area (Å²) < 4.78 is 0. The van der Waals surface area contributed by atoms with Gasteiger partial charge in [0.15, 0.2) is 0 Å². The average molecular weight is 206 g/mol. The van der Waals surface area contributed by atoms with Crippen molar-refractivity contribution in [1.29, 1.82) is 5.26 Å². The Morgan fingerprint density at radius 3 is 2.43 bits per heavy atom. The van der Waals surface area contributed by atoms with Gasteiger partial charge < -0.3 is 0 Å². The summed E-state index contributed by atoms with van der Waals surface area (Å²) in [5.41, 5.74) is 1.87. The first kappa shape index (κ1) is 10.5. The monoisotopic (exact) mass is 205 g/mol. The molecule has 0 aliphatic carbocycles. The van der Waals surface area contributed by atoms with Crippen LogP contribution in [0.2, 0.25) is 0 Å². The Bertz CT molecular complexity index is 412. The van der Waals surface area contributed by atoms with Gasteiger partial charge in [0.1, 0.15) is 11.6 Å². The van der Waals surface area contributed by atoms with Crippen LogP contribution in [0.25, 0.3) is 6.08 Å². The molecule has 0 amide bonds. The topological polar surface area (TPSA) is 40.9 Å². The molecule has 2 nitrogen and oxygen atoms in total. The molecule has 0 aromatic heterocycles. The number of nitriles is 1. The molecule has 0 fully saturated rings. The maximum atomic E-state index is 10.7. The van der Waals surface area contributed by atoms with E-state index in [4.69, 9.17) is 16.9 Å². The Morgan fingerprint density at radius 2 is 2.00 bits per heavy atom. The average Bonchev–Trinajstić information content (AvgIpc) is 2.16. The first-order valence-electron chi connectivity index (χ1n) is 4.02. The summed E-state index contributed by atoms with van der Waals surface area (Å²) in [6, 6.07) is 9.20. The number of hydrogen-bond donors (Lipinski definition) is 0. The van der Waals surface area contributed by atoms with Gasteiger partial charge in [0.25, 0.3) is 5.24 Å². The molecule has 0 spiro atoms. The van der Waals surface area contributed by atoms with Crippen molar-refractivity contribution in [3.63, 3.8) is 0 Å². The summed E-state index contributed by atoms with van der Waals surface area (Å²) in [6.07, 6.45) is 1.47. The highest BCUT2D eigenvalue weighted by Crippen LogP contribution is 2.09. The first-order chi connectivity index (χ1) is 6.63. The van der Waals surface area contributed by atoms with E-state index >= 15 is 0 Å². The summed E-state index contributed by atoms with van der Waals surface area (Å²) in [5.74, 6) is 0. The molecule has 1 aromatic rings. The summed E-state index contributed by atoms with van der Waals surface area (Å²) >= 11 is 5.20. The van der Waals surface area contributed by atoms with E-state index in [9.17, 15) is 4.79 Å². The lowest BCUT2D eigenvalue weighted by molar-refractivity contribution is -0.108. The number of carbonyl (C=O) groups is 1. The largest absolute Gasteiger partial charge is 0.275 e. The molecule has 3 heteroatoms. The van der Waals surface area contributed by atoms with E-state index in [-0.39, 0.29) is 5.57 Å². The fourth-order valence-electron chi connectivity index (χ4n) is 0.962. The molecule has 0 saturated carbocycles. The van der Waals surface area contributed by atoms with Crippen molar-refractivity contribution in [2.45, 2.75) is 6.92 Å². The number of nitrogens with zero attached hydrogens (tertiary/aromatic N) is 1. The third kappa shape index (κ3) is 2.72. The van der Waals surface area contributed by atoms with Crippen molar-refractivity contribution >= 4 is 22.9 Å². The molecule has 0 atom stereocenters. The van der Waals surface area contributed by atoms with Gasteiger partial charge in [-0.3, -0.25) is 4.79 Å². The van der Waals surface area contributed by atoms with Crippen LogP contribution >= 0.6 is 11.6 Å². The Kier molecular flexibility index (Phi) is 3.44. The SMILES string of the molecule is Cc1ccc(C=C(C#N)C(=O)Cl)cc1. The molecular formula is C11H8ClNO. The van der Waals surface area contributed by atoms with E-state index in [2.05, 4.69) is 0 Å². The van der Waals surface area contributed by atoms with Crippen LogP contribution in [0, 0.1) is 18.3 Å². The van der Waals surface area contributed by atoms with E-state index < -0.39 is 5.24 Å². The maximum Gasteiger partial charge on any atom is 0.262 e. The van der Waals surface area contributed by atoms with Gasteiger partial charge >= 0.3 is 0 Å². The normalized spacial score (nSPS) is 10.8. The molecule has 0 aliphatic rings. The molecule has 1 rings (SSSR count). The molecule has 0 heterocycles. The molecule has 0 N–H and O–H groups in total. The predicted octanol–water partition coefficient (Wildman–Crippen LogP) is 2.67. The van der Waals surface area contributed by atoms with Gasteiger partial charge in [0, 0.05) is 0 Å². The lowest BCUT2D eigenvalue weighted by atomic mass is 10.1. The van der Waals surface area contributed by atoms with Crippen LogP contribution in [0.1, 0.15) is 11.1 Å². The van der Waals surface area contributed by atoms with Gasteiger partial charge in [-0.2, -0.15) is 5.26 Å². The van der Waals surface area contributed by atoms with Crippen molar-refractivity contribution in [2.24, 2.45) is 0 Å². The molecule has 0 bridgehead atoms. The van der Waals surface area contributed by atoms with Gasteiger partial charge in [-0.15, -0.1) is 0 Å². The second-order valence-corrected chi connectivity index (χ2v) is 3.20. The Hall–Kier alpha value is -1.59. The van der Waals surface area contributed by atoms with Crippen molar-refractivity contribution in [2.75, 3.05) is 0 Å². The highest BCUT2D eigenvalue weighted by Gasteiger charge is 2.03. The fraction of sp³-hybridized carbons (Fsp3) is 0.0909. The van der Waals surface area contributed by atoms with Gasteiger partial charge in [-0.1, -0.05) is 29.8 Å². The fourth-order valence-corrected chi connectivity index (χ4v) is 1.06. The molecule has 0 unspecified atom stereocenters. The third-order valence-electron chi connectivity index (χ3n) is 1.72. The highest BCUT2D eigenvalue weighted by atomic mass is 35.5. The molecule has 1 aromatic carbocycles. The maximum absolute atomic E-state index is 10.7. The van der Waals surface area contributed by atoms with Crippen LogP contribution in [0.15, 0.2) is 29.8 Å². The number of halogens is 1. The standard InChI is InChI=1S/C11H8ClNO/c1-8-2-4-9(5-3-8)6-10(7-13)11(12)14/h2-6H,1H3. The van der Waals surface area contributed by atoms with Crippen molar-refractivity contribution in [3.8, 4) is 6.07 Å². The van der Waals surface area contributed by atoms with E-state index in [1.807, 2.05) is 31.2 Å². The summed E-state index contributed by atoms with van der Waals surface area (Å²) in [5, 5.41) is 7.86. The Balaban J connectivity index is 3.03. The number of benzene rings is 1. The molecule has 0 saturated heterocycles. The molecule has 70 valence electrons. The van der Waals surface area contributed by atoms with Crippen LogP contribution in [0.3, 0.4) is 0 Å². The van der Waals surface area contributed by atoms with E-state index in [0.717, 1.165) is 11.1 Å². The van der Waals surface area contributed by atoms with Crippen LogP contribution in [0.4, 0.5) is 0 Å². The second kappa shape index (κ2) is 4.59. The van der Waals surface area contributed by atoms with Gasteiger partial charge in [0.05, 0.1) is 0 Å². The number of rotatable bonds is 2. The smallest absolute Gasteiger partial charge is 0.262 e. The number of aryl methyl sites for hydroxylation is 1. The van der Waals surface area contributed by atoms with Crippen LogP contribution in [-0.4, -0.2) is 5.24 Å². The predicted molar refractivity (Wildman–Crippen MR) is 55.6 cm³/mol. The van der Waals surface area contributed by atoms with Crippen molar-refractivity contribution < 1.29 is 4.79 Å². The minimum absolute atomic E-state index is 0.0458. The number of hydrogen-bond acceptors (Lipinski definition) is 2. The summed E-state index contributed by atoms with van der Waals surface area (Å²) in [4.78, 5) is 10.7. The van der Waals surface area contributed by atoms with E-state index in [0.29, 0.717) is 0 Å². The number of carbonyl (C=O) groups excluding carboxylic acids is 1. The number of allylic oxidation sites excluding steroid dienone is 1. The van der Waals surface area contributed by atoms with Crippen LogP contribution < -0.4 is 0 Å². The molecular weight excluding hydrogens is 198 g/mol. The third-order valence-corrected chi connectivity index (χ3v) is 1.92. The molecule has 14 heavy (non-hydrogen) atoms. The van der Waals surface area contributed by atoms with Gasteiger partial charge in [-0.05, 0) is 30.2 Å². The van der Waals surface area contributed by atoms with Gasteiger partial charge in [0.2, 0.25) is 0 Å². The Labute approximate surface area is 87.4 Å². The van der Waals surface area contributed by atoms with Gasteiger partial charge in [-0.25, -0.2) is 0 Å². The molecule has 0 aliphatic heterocycles. The zero-order chi connectivity index (χ0) is 10.6. The van der Waals surface area contributed by atoms with Crippen molar-refractivity contribution in [3.05, 3.63) is 41.0 Å². The van der Waals surface area contributed by atoms with E-state index in [1.54, 1.807) is 6.07 Å². The molecule has 0 radical (unpaired) electrons. The first-order valence-corrected chi connectivity index (χ1v) is 4.39. The minimum atomic E-state index is -0.729. The quantitative estimate of drug-likeness (QED) is 0.423. The zero-order valence-electron chi connectivity index (χ0n) is 7.62. The summed E-state index contributed by atoms with van der Waals surface area (Å²) in [6.45, 7) is 1.96. The van der Waals surface area contributed by atoms with Crippen LogP contribution in [0.5, 0.6) is 0 Å². The lowest BCUT2D eigenvalue weighted by Gasteiger charge is -1.95. The van der Waals surface area contributed by atoms with Crippen molar-refractivity contribution in [1.82, 2.24) is 0 Å². The zero-order valence-corrected chi connectivity index (χ0v) is 8.38. The van der Waals surface area contributed by atoms with E-state index in [1.165, 1.54) is 6.08 Å². The summed E-state index contributed by atoms with van der Waals surface area (Å²) in [7, 11) is 0. The minimum Gasteiger partial charge on any atom is -0.275 e.